The van der Waals surface area contributed by atoms with Gasteiger partial charge in [0.1, 0.15) is 0 Å². The smallest absolute Gasteiger partial charge is 0.157 e. The van der Waals surface area contributed by atoms with Crippen LogP contribution < -0.4 is 5.32 Å². The maximum atomic E-state index is 9.34. The summed E-state index contributed by atoms with van der Waals surface area (Å²) in [5.41, 5.74) is 0.952. The molecule has 3 N–H and O–H groups in total. The molecule has 2 aromatic rings. The van der Waals surface area contributed by atoms with Gasteiger partial charge in [0.05, 0.1) is 6.33 Å². The third-order valence-corrected chi connectivity index (χ3v) is 2.70. The topological polar surface area (TPSA) is 70.3 Å². The molecule has 0 bridgehead atoms. The minimum absolute atomic E-state index is 0.0762. The summed E-state index contributed by atoms with van der Waals surface area (Å²) in [6.07, 6.45) is 6.53. The molecule has 0 saturated heterocycles. The van der Waals surface area contributed by atoms with Crippen LogP contribution in [-0.4, -0.2) is 26.3 Å². The number of phenolic OH excluding ortho intramolecular Hbond substituents is 2. The van der Waals surface area contributed by atoms with Gasteiger partial charge in [-0.1, -0.05) is 6.07 Å². The Morgan fingerprint density at radius 3 is 2.83 bits per heavy atom. The van der Waals surface area contributed by atoms with E-state index in [0.717, 1.165) is 25.1 Å². The van der Waals surface area contributed by atoms with Gasteiger partial charge < -0.3 is 20.1 Å². The fourth-order valence-electron chi connectivity index (χ4n) is 1.72. The van der Waals surface area contributed by atoms with Crippen molar-refractivity contribution in [2.75, 3.05) is 6.54 Å². The summed E-state index contributed by atoms with van der Waals surface area (Å²) in [5.74, 6) is -0.161. The van der Waals surface area contributed by atoms with Crippen molar-refractivity contribution in [3.8, 4) is 11.5 Å². The van der Waals surface area contributed by atoms with Crippen LogP contribution in [0.3, 0.4) is 0 Å². The number of phenols is 2. The minimum atomic E-state index is -0.0844. The lowest BCUT2D eigenvalue weighted by molar-refractivity contribution is 0.403. The summed E-state index contributed by atoms with van der Waals surface area (Å²) in [6, 6.07) is 4.86. The van der Waals surface area contributed by atoms with Gasteiger partial charge in [0, 0.05) is 25.5 Å². The van der Waals surface area contributed by atoms with E-state index in [1.54, 1.807) is 24.7 Å². The van der Waals surface area contributed by atoms with Crippen molar-refractivity contribution >= 4 is 0 Å². The molecular formula is C13H17N3O2. The van der Waals surface area contributed by atoms with Crippen LogP contribution in [0.4, 0.5) is 0 Å². The molecule has 0 amide bonds. The molecule has 0 atom stereocenters. The Kier molecular flexibility index (Phi) is 4.20. The van der Waals surface area contributed by atoms with Gasteiger partial charge in [-0.2, -0.15) is 0 Å². The van der Waals surface area contributed by atoms with Crippen LogP contribution in [0.25, 0.3) is 0 Å². The van der Waals surface area contributed by atoms with Gasteiger partial charge in [0.2, 0.25) is 0 Å². The van der Waals surface area contributed by atoms with Crippen molar-refractivity contribution in [2.45, 2.75) is 19.5 Å². The van der Waals surface area contributed by atoms with Gasteiger partial charge in [-0.05, 0) is 30.7 Å². The maximum Gasteiger partial charge on any atom is 0.157 e. The molecule has 1 aromatic heterocycles. The van der Waals surface area contributed by atoms with E-state index in [1.807, 2.05) is 10.8 Å². The maximum absolute atomic E-state index is 9.34. The van der Waals surface area contributed by atoms with E-state index in [-0.39, 0.29) is 11.5 Å². The van der Waals surface area contributed by atoms with Crippen molar-refractivity contribution in [3.63, 3.8) is 0 Å². The monoisotopic (exact) mass is 247 g/mol. The van der Waals surface area contributed by atoms with E-state index in [0.29, 0.717) is 6.54 Å². The summed E-state index contributed by atoms with van der Waals surface area (Å²) in [5, 5.41) is 21.8. The van der Waals surface area contributed by atoms with Crippen LogP contribution >= 0.6 is 0 Å². The van der Waals surface area contributed by atoms with Gasteiger partial charge in [-0.25, -0.2) is 4.98 Å². The second kappa shape index (κ2) is 6.07. The lowest BCUT2D eigenvalue weighted by Crippen LogP contribution is -2.16. The molecule has 1 heterocycles. The lowest BCUT2D eigenvalue weighted by Gasteiger charge is -2.06. The van der Waals surface area contributed by atoms with Crippen molar-refractivity contribution in [3.05, 3.63) is 42.5 Å². The van der Waals surface area contributed by atoms with Crippen LogP contribution in [0.2, 0.25) is 0 Å². The number of rotatable bonds is 6. The standard InChI is InChI=1S/C13H17N3O2/c17-12-3-2-11(8-13(12)18)9-14-4-1-6-16-7-5-15-10-16/h2-3,5,7-8,10,14,17-18H,1,4,6,9H2. The molecule has 0 aliphatic carbocycles. The summed E-state index contributed by atoms with van der Waals surface area (Å²) in [7, 11) is 0. The summed E-state index contributed by atoms with van der Waals surface area (Å²) in [4.78, 5) is 3.98. The van der Waals surface area contributed by atoms with E-state index >= 15 is 0 Å². The zero-order valence-corrected chi connectivity index (χ0v) is 10.1. The van der Waals surface area contributed by atoms with E-state index < -0.39 is 0 Å². The first-order valence-electron chi connectivity index (χ1n) is 5.93. The molecule has 5 heteroatoms. The summed E-state index contributed by atoms with van der Waals surface area (Å²) < 4.78 is 2.04. The van der Waals surface area contributed by atoms with E-state index in [4.69, 9.17) is 0 Å². The summed E-state index contributed by atoms with van der Waals surface area (Å²) >= 11 is 0. The second-order valence-electron chi connectivity index (χ2n) is 4.15. The molecule has 0 saturated carbocycles. The van der Waals surface area contributed by atoms with Crippen LogP contribution in [0.15, 0.2) is 36.9 Å². The van der Waals surface area contributed by atoms with Crippen molar-refractivity contribution < 1.29 is 10.2 Å². The van der Waals surface area contributed by atoms with Crippen molar-refractivity contribution in [2.24, 2.45) is 0 Å². The third kappa shape index (κ3) is 3.49. The highest BCUT2D eigenvalue weighted by Gasteiger charge is 2.00. The molecule has 0 aliphatic heterocycles. The predicted molar refractivity (Wildman–Crippen MR) is 68.3 cm³/mol. The first-order chi connectivity index (χ1) is 8.75. The zero-order chi connectivity index (χ0) is 12.8. The zero-order valence-electron chi connectivity index (χ0n) is 10.1. The highest BCUT2D eigenvalue weighted by atomic mass is 16.3. The van der Waals surface area contributed by atoms with Crippen molar-refractivity contribution in [1.29, 1.82) is 0 Å². The van der Waals surface area contributed by atoms with E-state index in [1.165, 1.54) is 6.07 Å². The van der Waals surface area contributed by atoms with Gasteiger partial charge in [0.15, 0.2) is 11.5 Å². The average Bonchev–Trinajstić information content (AvgIpc) is 2.86. The molecule has 96 valence electrons. The normalized spacial score (nSPS) is 10.7. The SMILES string of the molecule is Oc1ccc(CNCCCn2ccnc2)cc1O. The Morgan fingerprint density at radius 1 is 1.22 bits per heavy atom. The molecular weight excluding hydrogens is 230 g/mol. The number of hydrogen-bond donors (Lipinski definition) is 3. The van der Waals surface area contributed by atoms with Crippen LogP contribution in [0.5, 0.6) is 11.5 Å². The molecule has 0 spiro atoms. The molecule has 2 rings (SSSR count). The van der Waals surface area contributed by atoms with Crippen LogP contribution in [0.1, 0.15) is 12.0 Å². The van der Waals surface area contributed by atoms with Crippen LogP contribution in [0, 0.1) is 0 Å². The number of aryl methyl sites for hydroxylation is 1. The first kappa shape index (κ1) is 12.4. The first-order valence-corrected chi connectivity index (χ1v) is 5.93. The molecule has 0 radical (unpaired) electrons. The average molecular weight is 247 g/mol. The summed E-state index contributed by atoms with van der Waals surface area (Å²) in [6.45, 7) is 2.51. The largest absolute Gasteiger partial charge is 0.504 e. The Labute approximate surface area is 106 Å². The molecule has 18 heavy (non-hydrogen) atoms. The number of hydrogen-bond acceptors (Lipinski definition) is 4. The number of imidazole rings is 1. The lowest BCUT2D eigenvalue weighted by atomic mass is 10.2. The van der Waals surface area contributed by atoms with Gasteiger partial charge in [-0.3, -0.25) is 0 Å². The Hall–Kier alpha value is -2.01. The third-order valence-electron chi connectivity index (χ3n) is 2.70. The molecule has 0 fully saturated rings. The highest BCUT2D eigenvalue weighted by molar-refractivity contribution is 5.40. The Morgan fingerprint density at radius 2 is 2.11 bits per heavy atom. The minimum Gasteiger partial charge on any atom is -0.504 e. The molecule has 0 aliphatic rings. The number of nitrogens with zero attached hydrogens (tertiary/aromatic N) is 2. The molecule has 0 unspecified atom stereocenters. The number of benzene rings is 1. The number of aromatic nitrogens is 2. The van der Waals surface area contributed by atoms with Gasteiger partial charge in [0.25, 0.3) is 0 Å². The molecule has 5 nitrogen and oxygen atoms in total. The Balaban J connectivity index is 1.67. The Bertz CT molecular complexity index is 483. The van der Waals surface area contributed by atoms with E-state index in [9.17, 15) is 10.2 Å². The number of nitrogens with one attached hydrogen (secondary N) is 1. The second-order valence-corrected chi connectivity index (χ2v) is 4.15. The van der Waals surface area contributed by atoms with E-state index in [2.05, 4.69) is 10.3 Å². The fraction of sp³-hybridized carbons (Fsp3) is 0.308. The predicted octanol–water partition coefficient (Wildman–Crippen LogP) is 1.47. The van der Waals surface area contributed by atoms with Gasteiger partial charge in [-0.15, -0.1) is 0 Å². The molecule has 1 aromatic carbocycles. The van der Waals surface area contributed by atoms with Crippen LogP contribution in [-0.2, 0) is 13.1 Å². The number of aromatic hydroxyl groups is 2. The fourth-order valence-corrected chi connectivity index (χ4v) is 1.72. The van der Waals surface area contributed by atoms with Crippen molar-refractivity contribution in [1.82, 2.24) is 14.9 Å². The quantitative estimate of drug-likeness (QED) is 0.534. The highest BCUT2D eigenvalue weighted by Crippen LogP contribution is 2.24. The van der Waals surface area contributed by atoms with Gasteiger partial charge >= 0.3 is 0 Å².